The molecule has 19 heavy (non-hydrogen) atoms. The lowest BCUT2D eigenvalue weighted by Crippen LogP contribution is -2.17. The molecule has 1 aromatic carbocycles. The van der Waals surface area contributed by atoms with Gasteiger partial charge in [0.15, 0.2) is 5.69 Å². The zero-order valence-corrected chi connectivity index (χ0v) is 11.7. The average Bonchev–Trinajstić information content (AvgIpc) is 2.82. The van der Waals surface area contributed by atoms with E-state index in [1.54, 1.807) is 0 Å². The molecule has 6 heteroatoms. The van der Waals surface area contributed by atoms with Crippen LogP contribution in [-0.4, -0.2) is 22.7 Å². The predicted molar refractivity (Wildman–Crippen MR) is 74.0 cm³/mol. The van der Waals surface area contributed by atoms with Crippen LogP contribution in [0.4, 0.5) is 5.69 Å². The molecule has 0 radical (unpaired) electrons. The number of fused-ring (bicyclic) bond motifs is 1. The maximum Gasteiger partial charge on any atom is 0.276 e. The summed E-state index contributed by atoms with van der Waals surface area (Å²) in [5.74, 6) is -0.221. The maximum atomic E-state index is 12.2. The van der Waals surface area contributed by atoms with E-state index in [0.29, 0.717) is 18.9 Å². The molecule has 0 unspecified atom stereocenters. The summed E-state index contributed by atoms with van der Waals surface area (Å²) < 4.78 is 6.28. The van der Waals surface area contributed by atoms with Gasteiger partial charge in [-0.05, 0) is 18.2 Å². The minimum atomic E-state index is -0.221. The molecule has 1 aliphatic rings. The number of hydrogen-bond acceptors (Lipinski definition) is 3. The first-order valence-electron chi connectivity index (χ1n) is 5.95. The van der Waals surface area contributed by atoms with E-state index in [4.69, 9.17) is 4.74 Å². The first-order chi connectivity index (χ1) is 9.24. The largest absolute Gasteiger partial charge is 0.376 e. The van der Waals surface area contributed by atoms with E-state index in [1.165, 1.54) is 0 Å². The van der Waals surface area contributed by atoms with Crippen LogP contribution in [0.2, 0.25) is 0 Å². The minimum Gasteiger partial charge on any atom is -0.376 e. The highest BCUT2D eigenvalue weighted by Crippen LogP contribution is 2.20. The van der Waals surface area contributed by atoms with Gasteiger partial charge in [0.2, 0.25) is 0 Å². The topological polar surface area (TPSA) is 67.0 Å². The molecule has 5 nitrogen and oxygen atoms in total. The summed E-state index contributed by atoms with van der Waals surface area (Å²) in [5, 5.41) is 9.82. The molecule has 2 aromatic rings. The molecule has 0 fully saturated rings. The minimum absolute atomic E-state index is 0.221. The molecule has 0 atom stereocenters. The van der Waals surface area contributed by atoms with Gasteiger partial charge in [0, 0.05) is 27.8 Å². The molecule has 0 saturated heterocycles. The van der Waals surface area contributed by atoms with Crippen molar-refractivity contribution in [1.82, 2.24) is 10.2 Å². The van der Waals surface area contributed by atoms with Crippen LogP contribution in [-0.2, 0) is 17.8 Å². The van der Waals surface area contributed by atoms with Crippen LogP contribution >= 0.6 is 15.9 Å². The standard InChI is InChI=1S/C13H12BrN3O2/c14-8-2-1-3-9(6-8)15-13(18)12-10-7-19-5-4-11(10)16-17-12/h1-3,6H,4-5,7H2,(H,15,18)(H,16,17). The number of hydrogen-bond donors (Lipinski definition) is 2. The van der Waals surface area contributed by atoms with Gasteiger partial charge in [-0.1, -0.05) is 22.0 Å². The van der Waals surface area contributed by atoms with E-state index in [2.05, 4.69) is 31.4 Å². The Bertz CT molecular complexity index is 624. The third-order valence-corrected chi connectivity index (χ3v) is 3.49. The van der Waals surface area contributed by atoms with Crippen molar-refractivity contribution >= 4 is 27.5 Å². The van der Waals surface area contributed by atoms with E-state index < -0.39 is 0 Å². The van der Waals surface area contributed by atoms with Crippen molar-refractivity contribution in [3.05, 3.63) is 45.7 Å². The molecule has 2 N–H and O–H groups in total. The summed E-state index contributed by atoms with van der Waals surface area (Å²) >= 11 is 3.37. The molecular formula is C13H12BrN3O2. The van der Waals surface area contributed by atoms with Crippen LogP contribution in [0.25, 0.3) is 0 Å². The molecule has 0 bridgehead atoms. The van der Waals surface area contributed by atoms with Crippen molar-refractivity contribution in [2.45, 2.75) is 13.0 Å². The fourth-order valence-electron chi connectivity index (χ4n) is 2.06. The number of aromatic amines is 1. The fraction of sp³-hybridized carbons (Fsp3) is 0.231. The number of amides is 1. The third-order valence-electron chi connectivity index (χ3n) is 2.99. The van der Waals surface area contributed by atoms with Gasteiger partial charge < -0.3 is 10.1 Å². The van der Waals surface area contributed by atoms with Gasteiger partial charge in [0.05, 0.1) is 13.2 Å². The van der Waals surface area contributed by atoms with E-state index in [1.807, 2.05) is 24.3 Å². The molecule has 0 saturated carbocycles. The van der Waals surface area contributed by atoms with Gasteiger partial charge in [-0.15, -0.1) is 0 Å². The van der Waals surface area contributed by atoms with Crippen molar-refractivity contribution in [3.8, 4) is 0 Å². The van der Waals surface area contributed by atoms with Crippen LogP contribution in [0, 0.1) is 0 Å². The van der Waals surface area contributed by atoms with E-state index >= 15 is 0 Å². The Morgan fingerprint density at radius 3 is 3.21 bits per heavy atom. The second-order valence-corrected chi connectivity index (χ2v) is 5.21. The number of nitrogens with zero attached hydrogens (tertiary/aromatic N) is 1. The molecule has 1 aliphatic heterocycles. The summed E-state index contributed by atoms with van der Waals surface area (Å²) in [6.45, 7) is 1.11. The Labute approximate surface area is 118 Å². The molecular weight excluding hydrogens is 310 g/mol. The first-order valence-corrected chi connectivity index (χ1v) is 6.74. The van der Waals surface area contributed by atoms with Gasteiger partial charge in [0.25, 0.3) is 5.91 Å². The highest BCUT2D eigenvalue weighted by atomic mass is 79.9. The maximum absolute atomic E-state index is 12.2. The van der Waals surface area contributed by atoms with Gasteiger partial charge in [-0.25, -0.2) is 0 Å². The molecule has 0 aliphatic carbocycles. The zero-order valence-electron chi connectivity index (χ0n) is 10.1. The van der Waals surface area contributed by atoms with E-state index in [9.17, 15) is 4.79 Å². The molecule has 3 rings (SSSR count). The monoisotopic (exact) mass is 321 g/mol. The Hall–Kier alpha value is -1.66. The molecule has 98 valence electrons. The predicted octanol–water partition coefficient (Wildman–Crippen LogP) is 2.50. The first kappa shape index (κ1) is 12.4. The van der Waals surface area contributed by atoms with Gasteiger partial charge in [-0.2, -0.15) is 5.10 Å². The summed E-state index contributed by atoms with van der Waals surface area (Å²) in [7, 11) is 0. The van der Waals surface area contributed by atoms with Gasteiger partial charge in [0.1, 0.15) is 0 Å². The number of nitrogens with one attached hydrogen (secondary N) is 2. The summed E-state index contributed by atoms with van der Waals surface area (Å²) in [5.41, 5.74) is 2.99. The number of carbonyl (C=O) groups is 1. The summed E-state index contributed by atoms with van der Waals surface area (Å²) in [4.78, 5) is 12.2. The summed E-state index contributed by atoms with van der Waals surface area (Å²) in [6.07, 6.45) is 0.770. The second kappa shape index (κ2) is 5.14. The number of rotatable bonds is 2. The highest BCUT2D eigenvalue weighted by Gasteiger charge is 2.22. The molecule has 1 aromatic heterocycles. The zero-order chi connectivity index (χ0) is 13.2. The van der Waals surface area contributed by atoms with Crippen LogP contribution in [0.5, 0.6) is 0 Å². The quantitative estimate of drug-likeness (QED) is 0.893. The SMILES string of the molecule is O=C(Nc1cccc(Br)c1)c1n[nH]c2c1COCC2. The Morgan fingerprint density at radius 2 is 2.37 bits per heavy atom. The van der Waals surface area contributed by atoms with Crippen molar-refractivity contribution in [3.63, 3.8) is 0 Å². The van der Waals surface area contributed by atoms with Gasteiger partial charge in [-0.3, -0.25) is 9.89 Å². The lowest BCUT2D eigenvalue weighted by atomic mass is 10.1. The number of aromatic nitrogens is 2. The fourth-order valence-corrected chi connectivity index (χ4v) is 2.46. The lowest BCUT2D eigenvalue weighted by Gasteiger charge is -2.12. The van der Waals surface area contributed by atoms with Crippen LogP contribution in [0.1, 0.15) is 21.7 Å². The normalized spacial score (nSPS) is 13.9. The lowest BCUT2D eigenvalue weighted by molar-refractivity contribution is 0.0985. The van der Waals surface area contributed by atoms with E-state index in [-0.39, 0.29) is 5.91 Å². The molecule has 0 spiro atoms. The number of benzene rings is 1. The Kier molecular flexibility index (Phi) is 3.35. The van der Waals surface area contributed by atoms with Crippen molar-refractivity contribution < 1.29 is 9.53 Å². The van der Waals surface area contributed by atoms with Crippen molar-refractivity contribution in [2.75, 3.05) is 11.9 Å². The smallest absolute Gasteiger partial charge is 0.276 e. The number of H-pyrrole nitrogens is 1. The second-order valence-electron chi connectivity index (χ2n) is 4.30. The number of carbonyl (C=O) groups excluding carboxylic acids is 1. The summed E-state index contributed by atoms with van der Waals surface area (Å²) in [6, 6.07) is 7.44. The molecule has 2 heterocycles. The van der Waals surface area contributed by atoms with Gasteiger partial charge >= 0.3 is 0 Å². The Morgan fingerprint density at radius 1 is 1.47 bits per heavy atom. The number of halogens is 1. The third kappa shape index (κ3) is 2.54. The van der Waals surface area contributed by atoms with Crippen LogP contribution in [0.15, 0.2) is 28.7 Å². The molecule has 1 amide bonds. The van der Waals surface area contributed by atoms with Crippen molar-refractivity contribution in [1.29, 1.82) is 0 Å². The van der Waals surface area contributed by atoms with Crippen LogP contribution < -0.4 is 5.32 Å². The van der Waals surface area contributed by atoms with Crippen LogP contribution in [0.3, 0.4) is 0 Å². The van der Waals surface area contributed by atoms with E-state index in [0.717, 1.165) is 27.8 Å². The average molecular weight is 322 g/mol. The Balaban J connectivity index is 1.83. The highest BCUT2D eigenvalue weighted by molar-refractivity contribution is 9.10. The van der Waals surface area contributed by atoms with Crippen molar-refractivity contribution in [2.24, 2.45) is 0 Å². The number of anilines is 1. The number of ether oxygens (including phenoxy) is 1.